The highest BCUT2D eigenvalue weighted by Crippen LogP contribution is 2.13. The first-order chi connectivity index (χ1) is 11.7. The molecule has 2 heterocycles. The Labute approximate surface area is 138 Å². The Kier molecular flexibility index (Phi) is 4.86. The Morgan fingerprint density at radius 3 is 2.71 bits per heavy atom. The van der Waals surface area contributed by atoms with Crippen molar-refractivity contribution in [3.63, 3.8) is 0 Å². The Bertz CT molecular complexity index is 839. The number of halogens is 1. The highest BCUT2D eigenvalue weighted by atomic mass is 19.1. The molecule has 0 spiro atoms. The van der Waals surface area contributed by atoms with E-state index in [1.54, 1.807) is 48.9 Å². The van der Waals surface area contributed by atoms with Crippen molar-refractivity contribution in [2.45, 2.75) is 13.0 Å². The molecule has 1 amide bonds. The van der Waals surface area contributed by atoms with E-state index < -0.39 is 0 Å². The number of pyridine rings is 1. The SMILES string of the molecule is O=C(NCc1ccnnc1)c1cncc(Cc2ccccc2F)c1. The molecule has 0 atom stereocenters. The molecule has 0 unspecified atom stereocenters. The number of nitrogens with one attached hydrogen (secondary N) is 1. The normalized spacial score (nSPS) is 10.4. The van der Waals surface area contributed by atoms with Gasteiger partial charge in [0.15, 0.2) is 0 Å². The first-order valence-corrected chi connectivity index (χ1v) is 7.43. The maximum atomic E-state index is 13.7. The van der Waals surface area contributed by atoms with Crippen molar-refractivity contribution in [2.75, 3.05) is 0 Å². The van der Waals surface area contributed by atoms with Crippen LogP contribution in [0.15, 0.2) is 61.2 Å². The maximum absolute atomic E-state index is 13.7. The Morgan fingerprint density at radius 2 is 1.92 bits per heavy atom. The quantitative estimate of drug-likeness (QED) is 0.784. The fourth-order valence-corrected chi connectivity index (χ4v) is 2.28. The number of aromatic nitrogens is 3. The van der Waals surface area contributed by atoms with Crippen LogP contribution in [0.3, 0.4) is 0 Å². The van der Waals surface area contributed by atoms with Gasteiger partial charge in [-0.1, -0.05) is 18.2 Å². The van der Waals surface area contributed by atoms with Crippen molar-refractivity contribution in [1.82, 2.24) is 20.5 Å². The molecule has 3 aromatic rings. The van der Waals surface area contributed by atoms with E-state index in [4.69, 9.17) is 0 Å². The molecule has 1 aromatic carbocycles. The van der Waals surface area contributed by atoms with Gasteiger partial charge >= 0.3 is 0 Å². The van der Waals surface area contributed by atoms with Crippen molar-refractivity contribution in [3.05, 3.63) is 89.3 Å². The fraction of sp³-hybridized carbons (Fsp3) is 0.111. The van der Waals surface area contributed by atoms with Crippen molar-refractivity contribution >= 4 is 5.91 Å². The van der Waals surface area contributed by atoms with Crippen molar-refractivity contribution in [2.24, 2.45) is 0 Å². The third-order valence-electron chi connectivity index (χ3n) is 3.51. The minimum absolute atomic E-state index is 0.241. The molecule has 0 aliphatic carbocycles. The van der Waals surface area contributed by atoms with Crippen LogP contribution in [-0.2, 0) is 13.0 Å². The summed E-state index contributed by atoms with van der Waals surface area (Å²) in [4.78, 5) is 16.3. The molecule has 0 saturated carbocycles. The molecule has 3 rings (SSSR count). The van der Waals surface area contributed by atoms with Gasteiger partial charge in [0.1, 0.15) is 5.82 Å². The van der Waals surface area contributed by atoms with Crippen LogP contribution in [-0.4, -0.2) is 21.1 Å². The molecule has 1 N–H and O–H groups in total. The second kappa shape index (κ2) is 7.41. The lowest BCUT2D eigenvalue weighted by molar-refractivity contribution is 0.0950. The lowest BCUT2D eigenvalue weighted by Gasteiger charge is -2.07. The number of nitrogens with zero attached hydrogens (tertiary/aromatic N) is 3. The van der Waals surface area contributed by atoms with E-state index in [2.05, 4.69) is 20.5 Å². The molecule has 0 fully saturated rings. The van der Waals surface area contributed by atoms with Crippen LogP contribution in [0.2, 0.25) is 0 Å². The molecule has 0 aliphatic heterocycles. The van der Waals surface area contributed by atoms with Crippen LogP contribution in [0.1, 0.15) is 27.0 Å². The van der Waals surface area contributed by atoms with E-state index in [1.165, 1.54) is 12.3 Å². The molecular formula is C18H15FN4O. The van der Waals surface area contributed by atoms with E-state index in [0.29, 0.717) is 24.1 Å². The summed E-state index contributed by atoms with van der Waals surface area (Å²) < 4.78 is 13.7. The van der Waals surface area contributed by atoms with Gasteiger partial charge < -0.3 is 5.32 Å². The summed E-state index contributed by atoms with van der Waals surface area (Å²) in [7, 11) is 0. The monoisotopic (exact) mass is 322 g/mol. The molecule has 24 heavy (non-hydrogen) atoms. The smallest absolute Gasteiger partial charge is 0.253 e. The highest BCUT2D eigenvalue weighted by molar-refractivity contribution is 5.93. The van der Waals surface area contributed by atoms with Gasteiger partial charge in [-0.2, -0.15) is 10.2 Å². The summed E-state index contributed by atoms with van der Waals surface area (Å²) >= 11 is 0. The second-order valence-electron chi connectivity index (χ2n) is 5.28. The van der Waals surface area contributed by atoms with E-state index in [0.717, 1.165) is 11.1 Å². The van der Waals surface area contributed by atoms with Gasteiger partial charge in [0.25, 0.3) is 5.91 Å². The van der Waals surface area contributed by atoms with Crippen molar-refractivity contribution in [3.8, 4) is 0 Å². The standard InChI is InChI=1S/C18H15FN4O/c19-17-4-2-1-3-15(17)7-14-8-16(12-20-9-14)18(24)21-10-13-5-6-22-23-11-13/h1-6,8-9,11-12H,7,10H2,(H,21,24). The summed E-state index contributed by atoms with van der Waals surface area (Å²) in [5.41, 5.74) is 2.64. The lowest BCUT2D eigenvalue weighted by Crippen LogP contribution is -2.23. The summed E-state index contributed by atoms with van der Waals surface area (Å²) in [6, 6.07) is 10.1. The number of benzene rings is 1. The Hall–Kier alpha value is -3.15. The Balaban J connectivity index is 1.68. The molecule has 6 heteroatoms. The number of rotatable bonds is 5. The zero-order valence-electron chi connectivity index (χ0n) is 12.8. The van der Waals surface area contributed by atoms with Crippen LogP contribution in [0, 0.1) is 5.82 Å². The van der Waals surface area contributed by atoms with Crippen LogP contribution < -0.4 is 5.32 Å². The van der Waals surface area contributed by atoms with Crippen LogP contribution in [0.4, 0.5) is 4.39 Å². The molecular weight excluding hydrogens is 307 g/mol. The minimum Gasteiger partial charge on any atom is -0.348 e. The summed E-state index contributed by atoms with van der Waals surface area (Å²) in [5, 5.41) is 10.2. The fourth-order valence-electron chi connectivity index (χ4n) is 2.28. The van der Waals surface area contributed by atoms with Crippen LogP contribution in [0.25, 0.3) is 0 Å². The molecule has 0 radical (unpaired) electrons. The average Bonchev–Trinajstić information content (AvgIpc) is 2.63. The zero-order chi connectivity index (χ0) is 16.8. The molecule has 2 aromatic heterocycles. The highest BCUT2D eigenvalue weighted by Gasteiger charge is 2.09. The second-order valence-corrected chi connectivity index (χ2v) is 5.28. The summed E-state index contributed by atoms with van der Waals surface area (Å²) in [5.74, 6) is -0.507. The maximum Gasteiger partial charge on any atom is 0.253 e. The van der Waals surface area contributed by atoms with E-state index in [1.807, 2.05) is 0 Å². The van der Waals surface area contributed by atoms with E-state index in [9.17, 15) is 9.18 Å². The first kappa shape index (κ1) is 15.7. The zero-order valence-corrected chi connectivity index (χ0v) is 12.8. The third-order valence-corrected chi connectivity index (χ3v) is 3.51. The number of amides is 1. The predicted molar refractivity (Wildman–Crippen MR) is 86.6 cm³/mol. The molecule has 0 saturated heterocycles. The molecule has 5 nitrogen and oxygen atoms in total. The number of hydrogen-bond donors (Lipinski definition) is 1. The number of hydrogen-bond acceptors (Lipinski definition) is 4. The molecule has 0 aliphatic rings. The largest absolute Gasteiger partial charge is 0.348 e. The lowest BCUT2D eigenvalue weighted by atomic mass is 10.0. The third kappa shape index (κ3) is 3.98. The van der Waals surface area contributed by atoms with Gasteiger partial charge in [-0.3, -0.25) is 9.78 Å². The van der Waals surface area contributed by atoms with Crippen molar-refractivity contribution in [1.29, 1.82) is 0 Å². The minimum atomic E-state index is -0.266. The van der Waals surface area contributed by atoms with Crippen molar-refractivity contribution < 1.29 is 9.18 Å². The average molecular weight is 322 g/mol. The van der Waals surface area contributed by atoms with E-state index in [-0.39, 0.29) is 11.7 Å². The van der Waals surface area contributed by atoms with Crippen LogP contribution >= 0.6 is 0 Å². The predicted octanol–water partition coefficient (Wildman–Crippen LogP) is 2.53. The Morgan fingerprint density at radius 1 is 1.04 bits per heavy atom. The number of carbonyl (C=O) groups is 1. The molecule has 0 bridgehead atoms. The van der Waals surface area contributed by atoms with E-state index >= 15 is 0 Å². The van der Waals surface area contributed by atoms with Gasteiger partial charge in [-0.05, 0) is 34.9 Å². The van der Waals surface area contributed by atoms with Crippen LogP contribution in [0.5, 0.6) is 0 Å². The summed E-state index contributed by atoms with van der Waals surface area (Å²) in [6.45, 7) is 0.353. The first-order valence-electron chi connectivity index (χ1n) is 7.43. The van der Waals surface area contributed by atoms with Gasteiger partial charge in [0.05, 0.1) is 11.8 Å². The van der Waals surface area contributed by atoms with Gasteiger partial charge in [0.2, 0.25) is 0 Å². The van der Waals surface area contributed by atoms with Gasteiger partial charge in [-0.25, -0.2) is 4.39 Å². The topological polar surface area (TPSA) is 67.8 Å². The summed E-state index contributed by atoms with van der Waals surface area (Å²) in [6.07, 6.45) is 6.67. The number of carbonyl (C=O) groups excluding carboxylic acids is 1. The van der Waals surface area contributed by atoms with Gasteiger partial charge in [0, 0.05) is 31.6 Å². The molecule has 120 valence electrons. The van der Waals surface area contributed by atoms with Gasteiger partial charge in [-0.15, -0.1) is 0 Å².